The monoisotopic (exact) mass is 1230 g/mol. The number of amides is 1. The average Bonchev–Trinajstić information content (AvgIpc) is 3.70. The highest BCUT2D eigenvalue weighted by Gasteiger charge is 2.23. The molecule has 0 aromatic carbocycles. The predicted molar refractivity (Wildman–Crippen MR) is 376 cm³/mol. The van der Waals surface area contributed by atoms with Crippen molar-refractivity contribution in [2.75, 3.05) is 40.9 Å². The summed E-state index contributed by atoms with van der Waals surface area (Å²) in [7, 11) is 1.26. The Morgan fingerprint density at radius 2 is 0.686 bits per heavy atom. The summed E-state index contributed by atoms with van der Waals surface area (Å²) in [5.74, 6) is -0.201. The summed E-state index contributed by atoms with van der Waals surface area (Å²) in [6.07, 6.45) is 93.7. The van der Waals surface area contributed by atoms with Gasteiger partial charge in [0.25, 0.3) is 7.82 Å². The summed E-state index contributed by atoms with van der Waals surface area (Å²) in [6.45, 7) is 4.67. The molecule has 8 nitrogen and oxygen atoms in total. The van der Waals surface area contributed by atoms with Gasteiger partial charge < -0.3 is 28.8 Å². The Balaban J connectivity index is 4.01. The molecular formula is C77H147N2O6P. The van der Waals surface area contributed by atoms with Gasteiger partial charge in [0.1, 0.15) is 13.2 Å². The molecule has 9 heteroatoms. The molecule has 0 aliphatic rings. The number of rotatable bonds is 70. The fourth-order valence-corrected chi connectivity index (χ4v) is 12.1. The number of hydrogen-bond acceptors (Lipinski definition) is 6. The van der Waals surface area contributed by atoms with Crippen molar-refractivity contribution in [2.24, 2.45) is 0 Å². The predicted octanol–water partition coefficient (Wildman–Crippen LogP) is 23.7. The van der Waals surface area contributed by atoms with E-state index in [1.807, 2.05) is 27.2 Å². The van der Waals surface area contributed by atoms with E-state index < -0.39 is 26.6 Å². The van der Waals surface area contributed by atoms with Crippen LogP contribution in [0, 0.1) is 0 Å². The molecule has 86 heavy (non-hydrogen) atoms. The van der Waals surface area contributed by atoms with Crippen LogP contribution in [-0.4, -0.2) is 68.5 Å². The van der Waals surface area contributed by atoms with Crippen LogP contribution in [0.3, 0.4) is 0 Å². The lowest BCUT2D eigenvalue weighted by Gasteiger charge is -2.29. The molecule has 0 heterocycles. The minimum Gasteiger partial charge on any atom is -0.756 e. The Kier molecular flexibility index (Phi) is 66.2. The number of quaternary nitrogens is 1. The van der Waals surface area contributed by atoms with Gasteiger partial charge in [0, 0.05) is 6.42 Å². The molecule has 1 amide bonds. The van der Waals surface area contributed by atoms with Crippen molar-refractivity contribution in [3.05, 3.63) is 60.8 Å². The van der Waals surface area contributed by atoms with Gasteiger partial charge in [-0.25, -0.2) is 0 Å². The van der Waals surface area contributed by atoms with Gasteiger partial charge >= 0.3 is 0 Å². The Bertz CT molecular complexity index is 1590. The SMILES string of the molecule is CCCCCCC/C=C\C/C=C\C/C=C\CCCCCCCCCCCCCCCCCCCCCCCCC(=O)NC(COP(=O)([O-])OCC[N+](C)(C)C)C(O)/C=C/CC/C=C/CCCCCCCCCCCCCCCCCCCCCCC. The largest absolute Gasteiger partial charge is 0.756 e. The summed E-state index contributed by atoms with van der Waals surface area (Å²) in [6, 6.07) is -0.905. The van der Waals surface area contributed by atoms with E-state index in [0.29, 0.717) is 17.4 Å². The number of aliphatic hydroxyl groups excluding tert-OH is 1. The molecule has 0 aliphatic heterocycles. The number of hydrogen-bond donors (Lipinski definition) is 2. The highest BCUT2D eigenvalue weighted by molar-refractivity contribution is 7.45. The Morgan fingerprint density at radius 3 is 1.02 bits per heavy atom. The maximum atomic E-state index is 13.1. The maximum Gasteiger partial charge on any atom is 0.268 e. The molecule has 0 saturated heterocycles. The molecule has 0 aromatic heterocycles. The number of phosphoric ester groups is 1. The van der Waals surface area contributed by atoms with Crippen molar-refractivity contribution < 1.29 is 32.9 Å². The number of nitrogens with one attached hydrogen (secondary N) is 1. The van der Waals surface area contributed by atoms with Gasteiger partial charge in [0.05, 0.1) is 39.9 Å². The highest BCUT2D eigenvalue weighted by Crippen LogP contribution is 2.38. The van der Waals surface area contributed by atoms with Crippen molar-refractivity contribution >= 4 is 13.7 Å². The second-order valence-corrected chi connectivity index (χ2v) is 28.4. The number of aliphatic hydroxyl groups is 1. The number of phosphoric acid groups is 1. The first-order valence-corrected chi connectivity index (χ1v) is 39.1. The van der Waals surface area contributed by atoms with Crippen molar-refractivity contribution in [3.8, 4) is 0 Å². The second kappa shape index (κ2) is 67.6. The molecule has 0 rings (SSSR count). The van der Waals surface area contributed by atoms with Gasteiger partial charge in [-0.15, -0.1) is 0 Å². The zero-order valence-corrected chi connectivity index (χ0v) is 58.9. The molecular weight excluding hydrogens is 1080 g/mol. The fourth-order valence-electron chi connectivity index (χ4n) is 11.4. The van der Waals surface area contributed by atoms with Gasteiger partial charge in [0.15, 0.2) is 0 Å². The Labute approximate surface area is 536 Å². The Morgan fingerprint density at radius 1 is 0.407 bits per heavy atom. The van der Waals surface area contributed by atoms with Crippen LogP contribution in [0.2, 0.25) is 0 Å². The zero-order valence-electron chi connectivity index (χ0n) is 58.0. The van der Waals surface area contributed by atoms with Crippen molar-refractivity contribution in [1.29, 1.82) is 0 Å². The number of nitrogens with zero attached hydrogens (tertiary/aromatic N) is 1. The van der Waals surface area contributed by atoms with E-state index in [1.54, 1.807) is 6.08 Å². The summed E-state index contributed by atoms with van der Waals surface area (Å²) in [4.78, 5) is 25.7. The second-order valence-electron chi connectivity index (χ2n) is 27.0. The fraction of sp³-hybridized carbons (Fsp3) is 0.857. The van der Waals surface area contributed by atoms with E-state index in [-0.39, 0.29) is 12.5 Å². The van der Waals surface area contributed by atoms with E-state index >= 15 is 0 Å². The topological polar surface area (TPSA) is 108 Å². The molecule has 2 N–H and O–H groups in total. The number of allylic oxidation sites excluding steroid dienone is 9. The molecule has 3 unspecified atom stereocenters. The smallest absolute Gasteiger partial charge is 0.268 e. The first kappa shape index (κ1) is 84.2. The third-order valence-corrected chi connectivity index (χ3v) is 18.2. The Hall–Kier alpha value is -1.80. The third kappa shape index (κ3) is 69.7. The van der Waals surface area contributed by atoms with Crippen LogP contribution in [0.5, 0.6) is 0 Å². The molecule has 0 fully saturated rings. The van der Waals surface area contributed by atoms with Crippen molar-refractivity contribution in [3.63, 3.8) is 0 Å². The number of carbonyl (C=O) groups is 1. The molecule has 506 valence electrons. The molecule has 0 spiro atoms. The van der Waals surface area contributed by atoms with E-state index in [1.165, 1.54) is 302 Å². The number of unbranched alkanes of at least 4 members (excludes halogenated alkanes) is 49. The van der Waals surface area contributed by atoms with Gasteiger partial charge in [-0.2, -0.15) is 0 Å². The molecule has 0 saturated carbocycles. The lowest BCUT2D eigenvalue weighted by molar-refractivity contribution is -0.870. The normalized spacial score (nSPS) is 13.9. The highest BCUT2D eigenvalue weighted by atomic mass is 31.2. The van der Waals surface area contributed by atoms with Gasteiger partial charge in [-0.05, 0) is 70.6 Å². The van der Waals surface area contributed by atoms with E-state index in [0.717, 1.165) is 51.4 Å². The summed E-state index contributed by atoms with van der Waals surface area (Å²) in [5.41, 5.74) is 0. The van der Waals surface area contributed by atoms with E-state index in [2.05, 4.69) is 67.8 Å². The van der Waals surface area contributed by atoms with Gasteiger partial charge in [-0.3, -0.25) is 9.36 Å². The number of carbonyl (C=O) groups excluding carboxylic acids is 1. The number of likely N-dealkylation sites (N-methyl/N-ethyl adjacent to an activating group) is 1. The van der Waals surface area contributed by atoms with Crippen LogP contribution in [0.4, 0.5) is 0 Å². The summed E-state index contributed by atoms with van der Waals surface area (Å²) in [5, 5.41) is 14.0. The minimum absolute atomic E-state index is 0.00560. The molecule has 0 radical (unpaired) electrons. The quantitative estimate of drug-likeness (QED) is 0.0272. The van der Waals surface area contributed by atoms with Crippen LogP contribution in [-0.2, 0) is 18.4 Å². The molecule has 0 aliphatic carbocycles. The average molecular weight is 1230 g/mol. The lowest BCUT2D eigenvalue weighted by atomic mass is 10.0. The molecule has 3 atom stereocenters. The van der Waals surface area contributed by atoms with Crippen LogP contribution in [0.15, 0.2) is 60.8 Å². The third-order valence-electron chi connectivity index (χ3n) is 17.2. The standard InChI is InChI=1S/C77H147N2O6P/c1-6-8-10-12-14-16-18-20-22-24-26-28-30-32-34-35-36-37-38-39-40-41-42-43-45-47-49-51-53-55-57-59-61-63-65-67-69-71-77(81)78-75(74-85-86(82,83)84-73-72-79(3,4)5)76(80)70-68-66-64-62-60-58-56-54-52-50-48-46-44-33-31-29-27-25-23-21-19-17-15-13-11-9-7-2/h18,20,24,26,30,32,60,62,68,70,75-76,80H,6-17,19,21-23,25,27-29,31,33-59,61,63-67,69,71-74H2,1-5H3,(H-,78,81,82,83)/b20-18-,26-24-,32-30-,62-60+,70-68+. The van der Waals surface area contributed by atoms with Gasteiger partial charge in [-0.1, -0.05) is 357 Å². The van der Waals surface area contributed by atoms with Crippen LogP contribution in [0.25, 0.3) is 0 Å². The first-order chi connectivity index (χ1) is 42.0. The van der Waals surface area contributed by atoms with Crippen molar-refractivity contribution in [2.45, 2.75) is 386 Å². The minimum atomic E-state index is -4.61. The lowest BCUT2D eigenvalue weighted by Crippen LogP contribution is -2.45. The summed E-state index contributed by atoms with van der Waals surface area (Å²) < 4.78 is 23.5. The van der Waals surface area contributed by atoms with Crippen LogP contribution < -0.4 is 10.2 Å². The first-order valence-electron chi connectivity index (χ1n) is 37.7. The van der Waals surface area contributed by atoms with Crippen LogP contribution >= 0.6 is 7.82 Å². The van der Waals surface area contributed by atoms with E-state index in [9.17, 15) is 19.4 Å². The molecule has 0 bridgehead atoms. The van der Waals surface area contributed by atoms with Crippen molar-refractivity contribution in [1.82, 2.24) is 5.32 Å². The van der Waals surface area contributed by atoms with Gasteiger partial charge in [0.2, 0.25) is 5.91 Å². The van der Waals surface area contributed by atoms with Crippen LogP contribution in [0.1, 0.15) is 373 Å². The molecule has 0 aromatic rings. The van der Waals surface area contributed by atoms with E-state index in [4.69, 9.17) is 9.05 Å². The summed E-state index contributed by atoms with van der Waals surface area (Å²) >= 11 is 0. The zero-order chi connectivity index (χ0) is 62.6. The maximum absolute atomic E-state index is 13.1.